The lowest BCUT2D eigenvalue weighted by Gasteiger charge is -2.46. The first kappa shape index (κ1) is 14.8. The number of hydrogen-bond acceptors (Lipinski definition) is 4. The Hall–Kier alpha value is -1.62. The topological polar surface area (TPSA) is 62.5 Å². The molecular formula is C15H24N4O. The van der Waals surface area contributed by atoms with Crippen LogP contribution in [-0.4, -0.2) is 41.5 Å². The van der Waals surface area contributed by atoms with Crippen molar-refractivity contribution in [1.82, 2.24) is 9.88 Å². The molecule has 1 saturated heterocycles. The van der Waals surface area contributed by atoms with Gasteiger partial charge in [-0.3, -0.25) is 4.79 Å². The van der Waals surface area contributed by atoms with Crippen LogP contribution in [0.4, 0.5) is 5.82 Å². The number of hydrogen-bond donors (Lipinski definition) is 1. The lowest BCUT2D eigenvalue weighted by molar-refractivity contribution is -0.136. The highest BCUT2D eigenvalue weighted by molar-refractivity contribution is 5.90. The number of aromatic nitrogens is 1. The van der Waals surface area contributed by atoms with Crippen molar-refractivity contribution < 1.29 is 4.79 Å². The van der Waals surface area contributed by atoms with E-state index in [1.165, 1.54) is 0 Å². The third-order valence-electron chi connectivity index (χ3n) is 4.12. The predicted octanol–water partition coefficient (Wildman–Crippen LogP) is 1.21. The average Bonchev–Trinajstić information content (AvgIpc) is 2.35. The van der Waals surface area contributed by atoms with E-state index in [-0.39, 0.29) is 5.91 Å². The molecule has 2 N–H and O–H groups in total. The van der Waals surface area contributed by atoms with Gasteiger partial charge in [0.25, 0.3) is 0 Å². The maximum atomic E-state index is 12.4. The number of piperazine rings is 1. The highest BCUT2D eigenvalue weighted by atomic mass is 16.2. The van der Waals surface area contributed by atoms with Gasteiger partial charge in [0.15, 0.2) is 0 Å². The minimum Gasteiger partial charge on any atom is -0.342 e. The number of rotatable bonds is 2. The molecule has 0 aliphatic carbocycles. The van der Waals surface area contributed by atoms with Crippen molar-refractivity contribution >= 4 is 11.7 Å². The van der Waals surface area contributed by atoms with Gasteiger partial charge in [0.1, 0.15) is 11.4 Å². The molecule has 0 unspecified atom stereocenters. The van der Waals surface area contributed by atoms with E-state index in [4.69, 9.17) is 5.73 Å². The first-order valence-corrected chi connectivity index (χ1v) is 6.99. The highest BCUT2D eigenvalue weighted by Crippen LogP contribution is 2.31. The molecular weight excluding hydrogens is 252 g/mol. The van der Waals surface area contributed by atoms with Gasteiger partial charge in [-0.15, -0.1) is 0 Å². The van der Waals surface area contributed by atoms with Crippen LogP contribution >= 0.6 is 0 Å². The molecule has 2 heterocycles. The fourth-order valence-corrected chi connectivity index (χ4v) is 2.90. The van der Waals surface area contributed by atoms with Crippen molar-refractivity contribution in [3.8, 4) is 0 Å². The van der Waals surface area contributed by atoms with Crippen molar-refractivity contribution in [1.29, 1.82) is 0 Å². The van der Waals surface area contributed by atoms with E-state index in [0.717, 1.165) is 29.2 Å². The predicted molar refractivity (Wildman–Crippen MR) is 80.7 cm³/mol. The van der Waals surface area contributed by atoms with Gasteiger partial charge in [0.05, 0.1) is 0 Å². The van der Waals surface area contributed by atoms with Gasteiger partial charge in [-0.05, 0) is 39.3 Å². The van der Waals surface area contributed by atoms with Crippen molar-refractivity contribution in [3.05, 3.63) is 22.9 Å². The number of nitrogens with two attached hydrogens (primary N) is 1. The summed E-state index contributed by atoms with van der Waals surface area (Å²) in [5, 5.41) is 0. The van der Waals surface area contributed by atoms with E-state index in [2.05, 4.69) is 9.88 Å². The Morgan fingerprint density at radius 1 is 1.35 bits per heavy atom. The lowest BCUT2D eigenvalue weighted by Crippen LogP contribution is -2.62. The van der Waals surface area contributed by atoms with Gasteiger partial charge >= 0.3 is 0 Å². The molecule has 0 spiro atoms. The molecule has 1 aromatic heterocycles. The summed E-state index contributed by atoms with van der Waals surface area (Å²) in [5.41, 5.74) is 8.42. The third-order valence-corrected chi connectivity index (χ3v) is 4.12. The molecule has 1 aromatic rings. The van der Waals surface area contributed by atoms with Gasteiger partial charge in [0.2, 0.25) is 5.91 Å². The van der Waals surface area contributed by atoms with Crippen LogP contribution in [0, 0.1) is 13.8 Å². The molecule has 0 radical (unpaired) electrons. The molecule has 0 atom stereocenters. The Balaban J connectivity index is 2.53. The molecule has 2 rings (SSSR count). The summed E-state index contributed by atoms with van der Waals surface area (Å²) in [6.07, 6.45) is 0. The Labute approximate surface area is 120 Å². The summed E-state index contributed by atoms with van der Waals surface area (Å²) in [7, 11) is 1.85. The second kappa shape index (κ2) is 5.05. The van der Waals surface area contributed by atoms with Crippen molar-refractivity contribution in [2.45, 2.75) is 39.8 Å². The Kier molecular flexibility index (Phi) is 3.73. The number of pyridine rings is 1. The Bertz CT molecular complexity index is 539. The fourth-order valence-electron chi connectivity index (χ4n) is 2.90. The van der Waals surface area contributed by atoms with Gasteiger partial charge < -0.3 is 15.5 Å². The number of carbonyl (C=O) groups is 1. The van der Waals surface area contributed by atoms with Crippen LogP contribution in [0.25, 0.3) is 0 Å². The van der Waals surface area contributed by atoms with Crippen LogP contribution < -0.4 is 10.6 Å². The van der Waals surface area contributed by atoms with Crippen molar-refractivity contribution in [2.75, 3.05) is 25.0 Å². The van der Waals surface area contributed by atoms with Crippen LogP contribution in [0.3, 0.4) is 0 Å². The smallest absolute Gasteiger partial charge is 0.247 e. The summed E-state index contributed by atoms with van der Waals surface area (Å²) >= 11 is 0. The zero-order valence-corrected chi connectivity index (χ0v) is 13.0. The number of nitrogens with zero attached hydrogens (tertiary/aromatic N) is 3. The zero-order chi connectivity index (χ0) is 15.1. The second-order valence-corrected chi connectivity index (χ2v) is 6.02. The first-order valence-electron chi connectivity index (χ1n) is 6.99. The van der Waals surface area contributed by atoms with E-state index >= 15 is 0 Å². The zero-order valence-electron chi connectivity index (χ0n) is 13.0. The van der Waals surface area contributed by atoms with Crippen LogP contribution in [0.1, 0.15) is 30.7 Å². The van der Waals surface area contributed by atoms with Gasteiger partial charge in [0, 0.05) is 37.9 Å². The summed E-state index contributed by atoms with van der Waals surface area (Å²) < 4.78 is 0. The van der Waals surface area contributed by atoms with E-state index in [9.17, 15) is 4.79 Å². The van der Waals surface area contributed by atoms with Gasteiger partial charge in [-0.2, -0.15) is 0 Å². The molecule has 1 aliphatic rings. The molecule has 110 valence electrons. The lowest BCUT2D eigenvalue weighted by atomic mass is 9.96. The average molecular weight is 276 g/mol. The summed E-state index contributed by atoms with van der Waals surface area (Å²) in [5.74, 6) is 0.976. The van der Waals surface area contributed by atoms with Gasteiger partial charge in [-0.25, -0.2) is 4.98 Å². The summed E-state index contributed by atoms with van der Waals surface area (Å²) in [6.45, 7) is 9.84. The number of anilines is 1. The van der Waals surface area contributed by atoms with Crippen LogP contribution in [0.15, 0.2) is 6.07 Å². The fraction of sp³-hybridized carbons (Fsp3) is 0.600. The Morgan fingerprint density at radius 3 is 2.60 bits per heavy atom. The minimum atomic E-state index is -0.593. The maximum absolute atomic E-state index is 12.4. The minimum absolute atomic E-state index is 0.118. The van der Waals surface area contributed by atoms with E-state index in [0.29, 0.717) is 13.1 Å². The summed E-state index contributed by atoms with van der Waals surface area (Å²) in [6, 6.07) is 2.04. The molecule has 5 nitrogen and oxygen atoms in total. The van der Waals surface area contributed by atoms with Crippen LogP contribution in [0.5, 0.6) is 0 Å². The summed E-state index contributed by atoms with van der Waals surface area (Å²) in [4.78, 5) is 21.0. The molecule has 5 heteroatoms. The molecule has 1 amide bonds. The standard InChI is InChI=1S/C15H24N4O/c1-10-8-11(2)17-13(12(10)9-16)19-7-6-18(5)14(20)15(19,3)4/h8H,6-7,9,16H2,1-5H3. The molecule has 0 aromatic carbocycles. The first-order chi connectivity index (χ1) is 9.28. The van der Waals surface area contributed by atoms with E-state index in [1.54, 1.807) is 4.90 Å². The molecule has 0 saturated carbocycles. The second-order valence-electron chi connectivity index (χ2n) is 6.02. The maximum Gasteiger partial charge on any atom is 0.247 e. The van der Waals surface area contributed by atoms with Crippen LogP contribution in [0.2, 0.25) is 0 Å². The van der Waals surface area contributed by atoms with Gasteiger partial charge in [-0.1, -0.05) is 0 Å². The Morgan fingerprint density at radius 2 is 2.00 bits per heavy atom. The van der Waals surface area contributed by atoms with Crippen molar-refractivity contribution in [3.63, 3.8) is 0 Å². The van der Waals surface area contributed by atoms with E-state index in [1.807, 2.05) is 40.8 Å². The largest absolute Gasteiger partial charge is 0.342 e. The number of carbonyl (C=O) groups excluding carboxylic acids is 1. The number of aryl methyl sites for hydroxylation is 2. The highest BCUT2D eigenvalue weighted by Gasteiger charge is 2.41. The van der Waals surface area contributed by atoms with Crippen molar-refractivity contribution in [2.24, 2.45) is 5.73 Å². The number of amides is 1. The number of likely N-dealkylation sites (N-methyl/N-ethyl adjacent to an activating group) is 1. The molecule has 1 fully saturated rings. The molecule has 0 bridgehead atoms. The third kappa shape index (κ3) is 2.26. The van der Waals surface area contributed by atoms with E-state index < -0.39 is 5.54 Å². The molecule has 20 heavy (non-hydrogen) atoms. The van der Waals surface area contributed by atoms with Crippen LogP contribution in [-0.2, 0) is 11.3 Å². The monoisotopic (exact) mass is 276 g/mol. The normalized spacial score (nSPS) is 18.6. The quantitative estimate of drug-likeness (QED) is 0.882. The SMILES string of the molecule is Cc1cc(C)c(CN)c(N2CCN(C)C(=O)C2(C)C)n1. The molecule has 1 aliphatic heterocycles.